The second kappa shape index (κ2) is 8.00. The van der Waals surface area contributed by atoms with Crippen molar-refractivity contribution in [2.45, 2.75) is 25.9 Å². The van der Waals surface area contributed by atoms with Crippen LogP contribution in [0.4, 0.5) is 15.9 Å². The van der Waals surface area contributed by atoms with Gasteiger partial charge < -0.3 is 15.2 Å². The van der Waals surface area contributed by atoms with Crippen molar-refractivity contribution in [2.24, 2.45) is 0 Å². The molecular formula is C23H20ClFN6. The number of rotatable bonds is 5. The summed E-state index contributed by atoms with van der Waals surface area (Å²) in [7, 11) is 0. The summed E-state index contributed by atoms with van der Waals surface area (Å²) in [4.78, 5) is 18.1. The molecule has 1 unspecified atom stereocenters. The molecule has 156 valence electrons. The fraction of sp³-hybridized carbons (Fsp3) is 0.174. The van der Waals surface area contributed by atoms with Crippen LogP contribution in [0.5, 0.6) is 0 Å². The Kier molecular flexibility index (Phi) is 5.03. The molecule has 0 bridgehead atoms. The minimum Gasteiger partial charge on any atom is -0.360 e. The highest BCUT2D eigenvalue weighted by molar-refractivity contribution is 6.30. The molecular weight excluding hydrogens is 415 g/mol. The maximum absolute atomic E-state index is 13.9. The lowest BCUT2D eigenvalue weighted by Crippen LogP contribution is -2.36. The molecule has 6 nitrogen and oxygen atoms in total. The van der Waals surface area contributed by atoms with Crippen molar-refractivity contribution in [3.8, 4) is 0 Å². The van der Waals surface area contributed by atoms with Crippen molar-refractivity contribution in [3.63, 3.8) is 0 Å². The minimum atomic E-state index is -0.241. The van der Waals surface area contributed by atoms with Gasteiger partial charge in [-0.1, -0.05) is 30.7 Å². The van der Waals surface area contributed by atoms with Crippen LogP contribution in [0.15, 0.2) is 60.8 Å². The van der Waals surface area contributed by atoms with Crippen LogP contribution in [0.3, 0.4) is 0 Å². The summed E-state index contributed by atoms with van der Waals surface area (Å²) in [5.74, 6) is 0.445. The van der Waals surface area contributed by atoms with Crippen LogP contribution in [0.25, 0.3) is 17.2 Å². The Hall–Kier alpha value is -3.45. The van der Waals surface area contributed by atoms with Gasteiger partial charge in [-0.25, -0.2) is 19.3 Å². The summed E-state index contributed by atoms with van der Waals surface area (Å²) in [5.41, 5.74) is 5.30. The molecule has 4 aromatic rings. The van der Waals surface area contributed by atoms with E-state index in [9.17, 15) is 4.39 Å². The van der Waals surface area contributed by atoms with Gasteiger partial charge in [0.15, 0.2) is 11.5 Å². The van der Waals surface area contributed by atoms with E-state index in [1.54, 1.807) is 12.4 Å². The van der Waals surface area contributed by atoms with E-state index in [2.05, 4.69) is 43.2 Å². The van der Waals surface area contributed by atoms with E-state index in [4.69, 9.17) is 11.6 Å². The van der Waals surface area contributed by atoms with Gasteiger partial charge in [0.2, 0.25) is 0 Å². The van der Waals surface area contributed by atoms with E-state index in [0.29, 0.717) is 23.0 Å². The molecule has 2 aromatic heterocycles. The lowest BCUT2D eigenvalue weighted by Gasteiger charge is -2.36. The number of nitrogens with zero attached hydrogens (tertiary/aromatic N) is 4. The van der Waals surface area contributed by atoms with Crippen LogP contribution in [-0.4, -0.2) is 26.0 Å². The van der Waals surface area contributed by atoms with E-state index in [1.807, 2.05) is 30.3 Å². The first-order chi connectivity index (χ1) is 15.1. The van der Waals surface area contributed by atoms with Crippen LogP contribution in [0, 0.1) is 5.82 Å². The predicted molar refractivity (Wildman–Crippen MR) is 121 cm³/mol. The van der Waals surface area contributed by atoms with Gasteiger partial charge >= 0.3 is 0 Å². The van der Waals surface area contributed by atoms with Gasteiger partial charge in [0, 0.05) is 23.0 Å². The first-order valence-electron chi connectivity index (χ1n) is 10.1. The number of hydrogen-bond acceptors (Lipinski definition) is 5. The summed E-state index contributed by atoms with van der Waals surface area (Å²) in [5, 5.41) is 4.20. The molecule has 31 heavy (non-hydrogen) atoms. The van der Waals surface area contributed by atoms with Crippen LogP contribution in [0.1, 0.15) is 24.5 Å². The Balaban J connectivity index is 1.59. The van der Waals surface area contributed by atoms with E-state index < -0.39 is 0 Å². The maximum atomic E-state index is 13.9. The van der Waals surface area contributed by atoms with Gasteiger partial charge in [-0.05, 0) is 54.0 Å². The average Bonchev–Trinajstić information content (AvgIpc) is 3.26. The zero-order valence-electron chi connectivity index (χ0n) is 16.8. The number of halogens is 2. The Morgan fingerprint density at radius 1 is 1.19 bits per heavy atom. The molecule has 2 N–H and O–H groups in total. The molecule has 0 amide bonds. The normalized spacial score (nSPS) is 14.3. The van der Waals surface area contributed by atoms with Crippen molar-refractivity contribution in [3.05, 3.63) is 82.8 Å². The standard InChI is InChI=1S/C23H20ClFN6/c1-2-19(30-23-21-22(27-12-26-21)28-13-29-23)20-9-14-6-7-17(25)8-15(14)11-31(20)18-5-3-4-16(24)10-18/h3-10,12-13,19H,2,11H2,1H3,(H2,26,27,28,29,30). The number of hydrogen-bond donors (Lipinski definition) is 2. The van der Waals surface area contributed by atoms with E-state index >= 15 is 0 Å². The molecule has 1 aliphatic heterocycles. The molecule has 0 saturated carbocycles. The molecule has 0 spiro atoms. The third-order valence-electron chi connectivity index (χ3n) is 5.47. The quantitative estimate of drug-likeness (QED) is 0.440. The highest BCUT2D eigenvalue weighted by atomic mass is 35.5. The molecule has 0 radical (unpaired) electrons. The predicted octanol–water partition coefficient (Wildman–Crippen LogP) is 5.40. The van der Waals surface area contributed by atoms with Gasteiger partial charge in [-0.15, -0.1) is 0 Å². The lowest BCUT2D eigenvalue weighted by molar-refractivity contribution is 0.623. The highest BCUT2D eigenvalue weighted by Gasteiger charge is 2.26. The molecule has 3 heterocycles. The Bertz CT molecular complexity index is 1280. The van der Waals surface area contributed by atoms with Crippen molar-refractivity contribution in [2.75, 3.05) is 10.2 Å². The number of nitrogens with one attached hydrogen (secondary N) is 2. The molecule has 0 saturated heterocycles. The molecule has 1 atom stereocenters. The molecule has 8 heteroatoms. The minimum absolute atomic E-state index is 0.0569. The van der Waals surface area contributed by atoms with Gasteiger partial charge in [0.25, 0.3) is 0 Å². The van der Waals surface area contributed by atoms with Crippen molar-refractivity contribution >= 4 is 40.3 Å². The molecule has 0 aliphatic carbocycles. The monoisotopic (exact) mass is 434 g/mol. The highest BCUT2D eigenvalue weighted by Crippen LogP contribution is 2.34. The van der Waals surface area contributed by atoms with Gasteiger partial charge in [0.05, 0.1) is 12.4 Å². The maximum Gasteiger partial charge on any atom is 0.182 e. The third-order valence-corrected chi connectivity index (χ3v) is 5.70. The second-order valence-electron chi connectivity index (χ2n) is 7.41. The molecule has 1 aliphatic rings. The summed E-state index contributed by atoms with van der Waals surface area (Å²) < 4.78 is 13.9. The number of anilines is 2. The summed E-state index contributed by atoms with van der Waals surface area (Å²) in [6, 6.07) is 12.5. The number of imidazole rings is 1. The first kappa shape index (κ1) is 19.5. The van der Waals surface area contributed by atoms with E-state index in [0.717, 1.165) is 34.4 Å². The Morgan fingerprint density at radius 3 is 2.94 bits per heavy atom. The zero-order valence-corrected chi connectivity index (χ0v) is 17.6. The summed E-state index contributed by atoms with van der Waals surface area (Å²) in [6.07, 6.45) is 6.01. The fourth-order valence-corrected chi connectivity index (χ4v) is 4.13. The topological polar surface area (TPSA) is 69.7 Å². The van der Waals surface area contributed by atoms with E-state index in [1.165, 1.54) is 12.4 Å². The van der Waals surface area contributed by atoms with Crippen LogP contribution < -0.4 is 10.2 Å². The summed E-state index contributed by atoms with van der Waals surface area (Å²) in [6.45, 7) is 2.65. The number of aromatic amines is 1. The SMILES string of the molecule is CCC(Nc1ncnc2nc[nH]c12)C1=Cc2ccc(F)cc2CN1c1cccc(Cl)c1. The van der Waals surface area contributed by atoms with Crippen molar-refractivity contribution in [1.29, 1.82) is 0 Å². The fourth-order valence-electron chi connectivity index (χ4n) is 3.95. The number of H-pyrrole nitrogens is 1. The second-order valence-corrected chi connectivity index (χ2v) is 7.84. The number of benzene rings is 2. The van der Waals surface area contributed by atoms with Gasteiger partial charge in [-0.2, -0.15) is 0 Å². The Morgan fingerprint density at radius 2 is 2.10 bits per heavy atom. The molecule has 5 rings (SSSR count). The van der Waals surface area contributed by atoms with Gasteiger partial charge in [-0.3, -0.25) is 0 Å². The van der Waals surface area contributed by atoms with Crippen molar-refractivity contribution < 1.29 is 4.39 Å². The van der Waals surface area contributed by atoms with Crippen molar-refractivity contribution in [1.82, 2.24) is 19.9 Å². The van der Waals surface area contributed by atoms with Crippen LogP contribution >= 0.6 is 11.6 Å². The molecule has 0 fully saturated rings. The number of fused-ring (bicyclic) bond motifs is 2. The summed E-state index contributed by atoms with van der Waals surface area (Å²) >= 11 is 6.28. The number of aromatic nitrogens is 4. The van der Waals surface area contributed by atoms with Crippen LogP contribution in [0.2, 0.25) is 5.02 Å². The van der Waals surface area contributed by atoms with Gasteiger partial charge in [0.1, 0.15) is 17.7 Å². The zero-order chi connectivity index (χ0) is 21.4. The molecule has 2 aromatic carbocycles. The average molecular weight is 435 g/mol. The first-order valence-corrected chi connectivity index (χ1v) is 10.4. The third kappa shape index (κ3) is 3.72. The largest absolute Gasteiger partial charge is 0.360 e. The van der Waals surface area contributed by atoms with E-state index in [-0.39, 0.29) is 11.9 Å². The lowest BCUT2D eigenvalue weighted by atomic mass is 9.96. The van der Waals surface area contributed by atoms with Crippen LogP contribution in [-0.2, 0) is 6.54 Å². The smallest absolute Gasteiger partial charge is 0.182 e. The Labute approximate surface area is 183 Å².